The van der Waals surface area contributed by atoms with Crippen molar-refractivity contribution in [1.82, 2.24) is 14.9 Å². The number of carbonyl (C=O) groups excluding carboxylic acids is 2. The first-order chi connectivity index (χ1) is 16.9. The molecule has 0 unspecified atom stereocenters. The van der Waals surface area contributed by atoms with E-state index in [-0.39, 0.29) is 29.5 Å². The molecule has 1 aliphatic carbocycles. The molecule has 0 spiro atoms. The first-order valence-electron chi connectivity index (χ1n) is 11.6. The molecule has 176 valence electrons. The number of primary amides is 1. The van der Waals surface area contributed by atoms with E-state index < -0.39 is 5.91 Å². The van der Waals surface area contributed by atoms with Crippen molar-refractivity contribution in [3.63, 3.8) is 0 Å². The summed E-state index contributed by atoms with van der Waals surface area (Å²) in [5, 5.41) is 2.39. The normalized spacial score (nSPS) is 20.7. The Labute approximate surface area is 205 Å². The van der Waals surface area contributed by atoms with Gasteiger partial charge < -0.3 is 10.6 Å². The standard InChI is InChI=1S/C27H23FN4O2S/c1-14-30-24(25(35-14)16-6-4-7-18(28)9-16)27(34)32-20(11-17-12-22(17)32)13-19-10-15-5-2-3-8-21(15)23(31-19)26(29)33/h2-10,17,20,22H,11-13H2,1H3,(H2,29,33)/t17-,20+,22+/m1/s1. The van der Waals surface area contributed by atoms with Crippen LogP contribution >= 0.6 is 11.3 Å². The Morgan fingerprint density at radius 3 is 2.71 bits per heavy atom. The van der Waals surface area contributed by atoms with E-state index in [0.29, 0.717) is 28.5 Å². The summed E-state index contributed by atoms with van der Waals surface area (Å²) >= 11 is 1.40. The van der Waals surface area contributed by atoms with Crippen LogP contribution in [0, 0.1) is 18.7 Å². The van der Waals surface area contributed by atoms with Crippen molar-refractivity contribution < 1.29 is 14.0 Å². The van der Waals surface area contributed by atoms with Crippen LogP contribution < -0.4 is 5.73 Å². The smallest absolute Gasteiger partial charge is 0.274 e. The largest absolute Gasteiger partial charge is 0.364 e. The van der Waals surface area contributed by atoms with Gasteiger partial charge in [-0.1, -0.05) is 36.4 Å². The minimum atomic E-state index is -0.567. The lowest BCUT2D eigenvalue weighted by molar-refractivity contribution is 0.0694. The molecule has 1 aliphatic heterocycles. The molecule has 8 heteroatoms. The molecule has 2 fully saturated rings. The van der Waals surface area contributed by atoms with Crippen LogP contribution in [-0.2, 0) is 6.42 Å². The van der Waals surface area contributed by atoms with Gasteiger partial charge in [-0.25, -0.2) is 14.4 Å². The molecule has 3 heterocycles. The zero-order chi connectivity index (χ0) is 24.3. The molecule has 6 nitrogen and oxygen atoms in total. The molecule has 35 heavy (non-hydrogen) atoms. The molecule has 2 N–H and O–H groups in total. The van der Waals surface area contributed by atoms with Gasteiger partial charge >= 0.3 is 0 Å². The van der Waals surface area contributed by atoms with Crippen LogP contribution in [0.25, 0.3) is 21.2 Å². The Bertz CT molecular complexity index is 1500. The number of amides is 2. The summed E-state index contributed by atoms with van der Waals surface area (Å²) < 4.78 is 13.9. The van der Waals surface area contributed by atoms with Crippen molar-refractivity contribution in [1.29, 1.82) is 0 Å². The SMILES string of the molecule is Cc1nc(C(=O)N2[C@H](Cc3cc4ccccc4c(C(N)=O)n3)C[C@@H]3C[C@@H]32)c(-c2cccc(F)c2)s1. The van der Waals surface area contributed by atoms with E-state index in [2.05, 4.69) is 9.97 Å². The van der Waals surface area contributed by atoms with E-state index in [4.69, 9.17) is 5.73 Å². The van der Waals surface area contributed by atoms with Crippen molar-refractivity contribution in [2.45, 2.75) is 38.3 Å². The molecule has 2 aliphatic rings. The highest BCUT2D eigenvalue weighted by Crippen LogP contribution is 2.49. The Balaban J connectivity index is 1.34. The summed E-state index contributed by atoms with van der Waals surface area (Å²) in [4.78, 5) is 37.7. The van der Waals surface area contributed by atoms with Gasteiger partial charge in [-0.05, 0) is 54.8 Å². The average Bonchev–Trinajstić information content (AvgIpc) is 3.32. The van der Waals surface area contributed by atoms with Crippen LogP contribution in [0.3, 0.4) is 0 Å². The van der Waals surface area contributed by atoms with Gasteiger partial charge in [0, 0.05) is 29.6 Å². The molecule has 0 bridgehead atoms. The van der Waals surface area contributed by atoms with Crippen LogP contribution in [0.5, 0.6) is 0 Å². The first-order valence-corrected chi connectivity index (χ1v) is 12.4. The monoisotopic (exact) mass is 486 g/mol. The molecule has 2 amide bonds. The Hall–Kier alpha value is -3.65. The van der Waals surface area contributed by atoms with Gasteiger partial charge in [-0.3, -0.25) is 9.59 Å². The summed E-state index contributed by atoms with van der Waals surface area (Å²) in [6, 6.07) is 15.9. The number of likely N-dealkylation sites (tertiary alicyclic amines) is 1. The van der Waals surface area contributed by atoms with Gasteiger partial charge in [0.15, 0.2) is 0 Å². The van der Waals surface area contributed by atoms with E-state index in [1.807, 2.05) is 42.2 Å². The first kappa shape index (κ1) is 21.9. The summed E-state index contributed by atoms with van der Waals surface area (Å²) in [7, 11) is 0. The number of benzene rings is 2. The zero-order valence-corrected chi connectivity index (χ0v) is 19.9. The number of aryl methyl sites for hydroxylation is 1. The number of aromatic nitrogens is 2. The van der Waals surface area contributed by atoms with Crippen LogP contribution in [0.2, 0.25) is 0 Å². The molecule has 6 rings (SSSR count). The van der Waals surface area contributed by atoms with E-state index in [1.54, 1.807) is 12.1 Å². The van der Waals surface area contributed by atoms with Crippen molar-refractivity contribution >= 4 is 33.9 Å². The van der Waals surface area contributed by atoms with Gasteiger partial charge in [0.05, 0.1) is 9.88 Å². The summed E-state index contributed by atoms with van der Waals surface area (Å²) in [5.74, 6) is -0.569. The predicted molar refractivity (Wildman–Crippen MR) is 133 cm³/mol. The lowest BCUT2D eigenvalue weighted by Gasteiger charge is -2.27. The highest BCUT2D eigenvalue weighted by atomic mass is 32.1. The van der Waals surface area contributed by atoms with Gasteiger partial charge in [-0.2, -0.15) is 0 Å². The third kappa shape index (κ3) is 3.87. The fourth-order valence-corrected chi connectivity index (χ4v) is 6.27. The Morgan fingerprint density at radius 1 is 1.09 bits per heavy atom. The van der Waals surface area contributed by atoms with Crippen LogP contribution in [0.1, 0.15) is 44.5 Å². The third-order valence-electron chi connectivity index (χ3n) is 6.94. The molecule has 3 atom stereocenters. The van der Waals surface area contributed by atoms with Crippen molar-refractivity contribution in [2.75, 3.05) is 0 Å². The fourth-order valence-electron chi connectivity index (χ4n) is 5.37. The second kappa shape index (κ2) is 8.23. The van der Waals surface area contributed by atoms with Gasteiger partial charge in [0.2, 0.25) is 0 Å². The van der Waals surface area contributed by atoms with E-state index in [1.165, 1.54) is 23.5 Å². The number of hydrogen-bond acceptors (Lipinski definition) is 5. The number of piperidine rings is 1. The lowest BCUT2D eigenvalue weighted by atomic mass is 10.0. The summed E-state index contributed by atoms with van der Waals surface area (Å²) in [6.45, 7) is 1.86. The minimum absolute atomic E-state index is 0.0528. The van der Waals surface area contributed by atoms with Gasteiger partial charge in [0.25, 0.3) is 11.8 Å². The molecule has 1 saturated carbocycles. The number of fused-ring (bicyclic) bond motifs is 2. The minimum Gasteiger partial charge on any atom is -0.364 e. The summed E-state index contributed by atoms with van der Waals surface area (Å²) in [6.07, 6.45) is 2.40. The number of nitrogens with zero attached hydrogens (tertiary/aromatic N) is 3. The average molecular weight is 487 g/mol. The second-order valence-corrected chi connectivity index (χ2v) is 10.5. The van der Waals surface area contributed by atoms with Crippen LogP contribution in [-0.4, -0.2) is 38.8 Å². The fraction of sp³-hybridized carbons (Fsp3) is 0.259. The van der Waals surface area contributed by atoms with Gasteiger partial charge in [-0.15, -0.1) is 11.3 Å². The van der Waals surface area contributed by atoms with Crippen molar-refractivity contribution in [2.24, 2.45) is 11.7 Å². The zero-order valence-electron chi connectivity index (χ0n) is 19.1. The maximum atomic E-state index is 13.9. The second-order valence-electron chi connectivity index (χ2n) is 9.34. The van der Waals surface area contributed by atoms with Crippen LogP contribution in [0.4, 0.5) is 4.39 Å². The molecule has 2 aromatic carbocycles. The molecule has 4 aromatic rings. The molecule has 2 aromatic heterocycles. The molecular weight excluding hydrogens is 463 g/mol. The molecule has 1 saturated heterocycles. The number of hydrogen-bond donors (Lipinski definition) is 1. The quantitative estimate of drug-likeness (QED) is 0.441. The maximum absolute atomic E-state index is 13.9. The van der Waals surface area contributed by atoms with Gasteiger partial charge in [0.1, 0.15) is 17.2 Å². The Kier molecular flexibility index (Phi) is 5.14. The topological polar surface area (TPSA) is 89.2 Å². The molecule has 0 radical (unpaired) electrons. The highest BCUT2D eigenvalue weighted by Gasteiger charge is 2.54. The van der Waals surface area contributed by atoms with Crippen molar-refractivity contribution in [3.05, 3.63) is 82.5 Å². The number of thiazole rings is 1. The molecular formula is C27H23FN4O2S. The van der Waals surface area contributed by atoms with E-state index in [0.717, 1.165) is 34.3 Å². The number of nitrogens with two attached hydrogens (primary N) is 1. The number of halogens is 1. The number of carbonyl (C=O) groups is 2. The van der Waals surface area contributed by atoms with E-state index >= 15 is 0 Å². The maximum Gasteiger partial charge on any atom is 0.274 e. The van der Waals surface area contributed by atoms with E-state index in [9.17, 15) is 14.0 Å². The third-order valence-corrected chi connectivity index (χ3v) is 7.96. The van der Waals surface area contributed by atoms with Crippen LogP contribution in [0.15, 0.2) is 54.6 Å². The predicted octanol–water partition coefficient (Wildman–Crippen LogP) is 4.75. The van der Waals surface area contributed by atoms with Crippen molar-refractivity contribution in [3.8, 4) is 10.4 Å². The summed E-state index contributed by atoms with van der Waals surface area (Å²) in [5.41, 5.74) is 7.64. The Morgan fingerprint density at radius 2 is 1.91 bits per heavy atom. The highest BCUT2D eigenvalue weighted by molar-refractivity contribution is 7.15. The number of pyridine rings is 1. The lowest BCUT2D eigenvalue weighted by Crippen LogP contribution is -2.40. The number of rotatable bonds is 5.